The van der Waals surface area contributed by atoms with Crippen LogP contribution >= 0.6 is 0 Å². The van der Waals surface area contributed by atoms with Gasteiger partial charge in [-0.1, -0.05) is 12.1 Å². The van der Waals surface area contributed by atoms with E-state index in [4.69, 9.17) is 0 Å². The van der Waals surface area contributed by atoms with Gasteiger partial charge in [-0.15, -0.1) is 0 Å². The summed E-state index contributed by atoms with van der Waals surface area (Å²) in [6.45, 7) is 6.29. The summed E-state index contributed by atoms with van der Waals surface area (Å²) in [6, 6.07) is 21.1. The Bertz CT molecular complexity index is 1420. The average molecular weight is 501 g/mol. The number of nitrogens with one attached hydrogen (secondary N) is 1. The van der Waals surface area contributed by atoms with Gasteiger partial charge in [0.05, 0.1) is 22.1 Å². The average Bonchev–Trinajstić information content (AvgIpc) is 3.32. The van der Waals surface area contributed by atoms with Crippen molar-refractivity contribution in [3.05, 3.63) is 78.6 Å². The third kappa shape index (κ3) is 5.11. The van der Waals surface area contributed by atoms with Crippen LogP contribution in [0, 0.1) is 11.3 Å². The summed E-state index contributed by atoms with van der Waals surface area (Å²) in [4.78, 5) is 9.64. The number of β-amino-alcohol motifs (C(OH)–C–C–N with tert-alkyl or cyclic N) is 1. The van der Waals surface area contributed by atoms with Gasteiger partial charge < -0.3 is 15.3 Å². The first-order valence-electron chi connectivity index (χ1n) is 11.9. The number of nitrogens with zero attached hydrogens (tertiary/aromatic N) is 5. The zero-order chi connectivity index (χ0) is 25.1. The molecule has 1 fully saturated rings. The molecule has 0 amide bonds. The SMILES string of the molecule is CC(O)CN1CCN(c2ccc(Nc3cc4c(ccn4S(=O)c4ccccc4C#N)cn3)cc2)CC1. The molecule has 5 rings (SSSR count). The molecule has 2 aromatic heterocycles. The van der Waals surface area contributed by atoms with Crippen LogP contribution in [0.15, 0.2) is 78.0 Å². The topological polar surface area (TPSA) is 97.4 Å². The van der Waals surface area contributed by atoms with Crippen LogP contribution in [0.25, 0.3) is 10.9 Å². The number of aliphatic hydroxyl groups excluding tert-OH is 1. The molecular weight excluding hydrogens is 472 g/mol. The summed E-state index contributed by atoms with van der Waals surface area (Å²) in [5.41, 5.74) is 3.24. The minimum absolute atomic E-state index is 0.300. The highest BCUT2D eigenvalue weighted by Gasteiger charge is 2.18. The summed E-state index contributed by atoms with van der Waals surface area (Å²) in [6.07, 6.45) is 3.21. The van der Waals surface area contributed by atoms with Gasteiger partial charge in [0.2, 0.25) is 0 Å². The minimum atomic E-state index is -1.55. The Morgan fingerprint density at radius 1 is 1.11 bits per heavy atom. The van der Waals surface area contributed by atoms with Crippen molar-refractivity contribution in [3.63, 3.8) is 0 Å². The number of hydrogen-bond donors (Lipinski definition) is 2. The van der Waals surface area contributed by atoms with Crippen molar-refractivity contribution in [2.24, 2.45) is 0 Å². The largest absolute Gasteiger partial charge is 0.392 e. The molecule has 2 aromatic carbocycles. The fraction of sp³-hybridized carbons (Fsp3) is 0.259. The molecule has 1 saturated heterocycles. The van der Waals surface area contributed by atoms with E-state index in [-0.39, 0.29) is 6.10 Å². The molecular formula is C27H28N6O2S. The summed E-state index contributed by atoms with van der Waals surface area (Å²) in [5.74, 6) is 0.646. The minimum Gasteiger partial charge on any atom is -0.392 e. The van der Waals surface area contributed by atoms with Gasteiger partial charge in [-0.3, -0.25) is 8.87 Å². The lowest BCUT2D eigenvalue weighted by Crippen LogP contribution is -2.48. The summed E-state index contributed by atoms with van der Waals surface area (Å²) in [5, 5.41) is 23.2. The van der Waals surface area contributed by atoms with Crippen molar-refractivity contribution in [1.29, 1.82) is 5.26 Å². The van der Waals surface area contributed by atoms with E-state index in [0.717, 1.165) is 49.3 Å². The molecule has 8 nitrogen and oxygen atoms in total. The summed E-state index contributed by atoms with van der Waals surface area (Å²) < 4.78 is 15.0. The second-order valence-corrected chi connectivity index (χ2v) is 10.3. The van der Waals surface area contributed by atoms with Gasteiger partial charge in [-0.25, -0.2) is 9.19 Å². The van der Waals surface area contributed by atoms with Crippen LogP contribution in [0.5, 0.6) is 0 Å². The first-order chi connectivity index (χ1) is 17.5. The lowest BCUT2D eigenvalue weighted by atomic mass is 10.2. The molecule has 1 aliphatic rings. The summed E-state index contributed by atoms with van der Waals surface area (Å²) >= 11 is 0. The van der Waals surface area contributed by atoms with Crippen LogP contribution in [0.4, 0.5) is 17.2 Å². The molecule has 1 aliphatic heterocycles. The monoisotopic (exact) mass is 500 g/mol. The van der Waals surface area contributed by atoms with E-state index in [2.05, 4.69) is 38.3 Å². The Hall–Kier alpha value is -3.71. The third-order valence-electron chi connectivity index (χ3n) is 6.31. The lowest BCUT2D eigenvalue weighted by Gasteiger charge is -2.36. The Morgan fingerprint density at radius 2 is 1.86 bits per heavy atom. The number of anilines is 3. The van der Waals surface area contributed by atoms with Crippen molar-refractivity contribution in [3.8, 4) is 6.07 Å². The number of fused-ring (bicyclic) bond motifs is 1. The quantitative estimate of drug-likeness (QED) is 0.399. The highest BCUT2D eigenvalue weighted by atomic mass is 32.2. The number of hydrogen-bond acceptors (Lipinski definition) is 7. The fourth-order valence-electron chi connectivity index (χ4n) is 4.50. The van der Waals surface area contributed by atoms with Crippen LogP contribution in [-0.2, 0) is 11.0 Å². The smallest absolute Gasteiger partial charge is 0.158 e. The molecule has 2 N–H and O–H groups in total. The fourth-order valence-corrected chi connectivity index (χ4v) is 5.72. The number of nitriles is 1. The number of pyridine rings is 1. The number of aromatic nitrogens is 2. The molecule has 9 heteroatoms. The maximum absolute atomic E-state index is 13.3. The number of piperazine rings is 1. The first kappa shape index (κ1) is 24.0. The van der Waals surface area contributed by atoms with E-state index in [9.17, 15) is 14.6 Å². The first-order valence-corrected chi connectivity index (χ1v) is 13.0. The molecule has 0 radical (unpaired) electrons. The highest BCUT2D eigenvalue weighted by Crippen LogP contribution is 2.26. The van der Waals surface area contributed by atoms with Crippen LogP contribution < -0.4 is 10.2 Å². The molecule has 184 valence electrons. The van der Waals surface area contributed by atoms with Crippen LogP contribution in [0.3, 0.4) is 0 Å². The standard InChI is InChI=1S/C27H28N6O2S/c1-20(34)19-31-12-14-32(15-13-31)24-8-6-23(7-9-24)30-27-16-25-22(18-29-27)10-11-33(25)36(35)26-5-3-2-4-21(26)17-28/h2-11,16,18,20,34H,12-15,19H2,1H3,(H,29,30). The molecule has 3 heterocycles. The second-order valence-electron chi connectivity index (χ2n) is 8.94. The third-order valence-corrected chi connectivity index (χ3v) is 7.72. The molecule has 0 aliphatic carbocycles. The van der Waals surface area contributed by atoms with E-state index in [0.29, 0.717) is 16.3 Å². The molecule has 0 spiro atoms. The molecule has 2 unspecified atom stereocenters. The molecule has 0 saturated carbocycles. The maximum atomic E-state index is 13.3. The predicted molar refractivity (Wildman–Crippen MR) is 143 cm³/mol. The van der Waals surface area contributed by atoms with Gasteiger partial charge in [0.1, 0.15) is 11.9 Å². The zero-order valence-corrected chi connectivity index (χ0v) is 20.9. The number of benzene rings is 2. The van der Waals surface area contributed by atoms with E-state index >= 15 is 0 Å². The van der Waals surface area contributed by atoms with Crippen LogP contribution in [0.1, 0.15) is 12.5 Å². The van der Waals surface area contributed by atoms with Gasteiger partial charge in [0.25, 0.3) is 0 Å². The van der Waals surface area contributed by atoms with Crippen molar-refractivity contribution >= 4 is 39.1 Å². The van der Waals surface area contributed by atoms with Crippen LogP contribution in [0.2, 0.25) is 0 Å². The van der Waals surface area contributed by atoms with Crippen molar-refractivity contribution in [1.82, 2.24) is 13.9 Å². The Morgan fingerprint density at radius 3 is 2.58 bits per heavy atom. The van der Waals surface area contributed by atoms with Gasteiger partial charge in [-0.05, 0) is 49.4 Å². The number of rotatable bonds is 7. The molecule has 2 atom stereocenters. The Kier molecular flexibility index (Phi) is 7.00. The van der Waals surface area contributed by atoms with Crippen molar-refractivity contribution in [2.75, 3.05) is 42.9 Å². The summed E-state index contributed by atoms with van der Waals surface area (Å²) in [7, 11) is -1.55. The van der Waals surface area contributed by atoms with Crippen molar-refractivity contribution in [2.45, 2.75) is 17.9 Å². The highest BCUT2D eigenvalue weighted by molar-refractivity contribution is 7.83. The van der Waals surface area contributed by atoms with E-state index < -0.39 is 11.0 Å². The predicted octanol–water partition coefficient (Wildman–Crippen LogP) is 3.73. The molecule has 36 heavy (non-hydrogen) atoms. The van der Waals surface area contributed by atoms with E-state index in [1.807, 2.05) is 31.2 Å². The van der Waals surface area contributed by atoms with Gasteiger partial charge >= 0.3 is 0 Å². The van der Waals surface area contributed by atoms with Gasteiger partial charge in [-0.2, -0.15) is 5.26 Å². The molecule has 0 bridgehead atoms. The Labute approximate surface area is 213 Å². The van der Waals surface area contributed by atoms with Crippen LogP contribution in [-0.4, -0.2) is 62.0 Å². The Balaban J connectivity index is 1.30. The maximum Gasteiger partial charge on any atom is 0.158 e. The molecule has 4 aromatic rings. The number of aliphatic hydroxyl groups is 1. The van der Waals surface area contributed by atoms with E-state index in [1.54, 1.807) is 40.6 Å². The van der Waals surface area contributed by atoms with Gasteiger partial charge in [0, 0.05) is 67.9 Å². The van der Waals surface area contributed by atoms with E-state index in [1.165, 1.54) is 5.69 Å². The normalized spacial score (nSPS) is 16.0. The lowest BCUT2D eigenvalue weighted by molar-refractivity contribution is 0.123. The van der Waals surface area contributed by atoms with Gasteiger partial charge in [0.15, 0.2) is 11.0 Å². The van der Waals surface area contributed by atoms with Crippen molar-refractivity contribution < 1.29 is 9.32 Å². The zero-order valence-electron chi connectivity index (χ0n) is 20.0. The second kappa shape index (κ2) is 10.5.